The number of methoxy groups -OCH3 is 1. The quantitative estimate of drug-likeness (QED) is 0.370. The molecule has 0 N–H and O–H groups in total. The van der Waals surface area contributed by atoms with Crippen molar-refractivity contribution in [1.82, 2.24) is 0 Å². The minimum absolute atomic E-state index is 0.316. The van der Waals surface area contributed by atoms with Gasteiger partial charge < -0.3 is 9.47 Å². The summed E-state index contributed by atoms with van der Waals surface area (Å²) >= 11 is 0. The molecule has 0 heterocycles. The highest BCUT2D eigenvalue weighted by atomic mass is 19.4. The van der Waals surface area contributed by atoms with Gasteiger partial charge >= 0.3 is 12.2 Å². The third kappa shape index (κ3) is 2.07. The van der Waals surface area contributed by atoms with Gasteiger partial charge in [-0.25, -0.2) is 0 Å². The molecule has 11 heavy (non-hydrogen) atoms. The Morgan fingerprint density at radius 2 is 1.73 bits per heavy atom. The molecule has 0 bridgehead atoms. The van der Waals surface area contributed by atoms with Gasteiger partial charge in [-0.15, -0.1) is 0 Å². The van der Waals surface area contributed by atoms with Gasteiger partial charge in [-0.3, -0.25) is 0 Å². The summed E-state index contributed by atoms with van der Waals surface area (Å²) in [6.07, 6.45) is -4.91. The average Bonchev–Trinajstić information content (AvgIpc) is 1.86. The highest BCUT2D eigenvalue weighted by Crippen LogP contribution is 2.35. The van der Waals surface area contributed by atoms with E-state index in [1.165, 1.54) is 0 Å². The van der Waals surface area contributed by atoms with Gasteiger partial charge in [0.15, 0.2) is 0 Å². The van der Waals surface area contributed by atoms with Gasteiger partial charge in [0.1, 0.15) is 0 Å². The van der Waals surface area contributed by atoms with E-state index in [0.29, 0.717) is 13.4 Å². The SMILES string of the molecule is C=COC(F)(OC)C(F)(F)F. The second-order valence-electron chi connectivity index (χ2n) is 1.52. The Hall–Kier alpha value is -0.780. The zero-order valence-corrected chi connectivity index (χ0v) is 5.61. The minimum atomic E-state index is -5.23. The number of alkyl halides is 4. The molecule has 66 valence electrons. The van der Waals surface area contributed by atoms with Gasteiger partial charge in [0.2, 0.25) is 0 Å². The summed E-state index contributed by atoms with van der Waals surface area (Å²) in [5.74, 6) is 0. The van der Waals surface area contributed by atoms with Gasteiger partial charge in [-0.2, -0.15) is 17.6 Å². The molecule has 0 aliphatic rings. The van der Waals surface area contributed by atoms with E-state index < -0.39 is 12.2 Å². The van der Waals surface area contributed by atoms with Crippen LogP contribution in [0.3, 0.4) is 0 Å². The number of hydrogen-bond donors (Lipinski definition) is 0. The van der Waals surface area contributed by atoms with Crippen molar-refractivity contribution in [3.8, 4) is 0 Å². The lowest BCUT2D eigenvalue weighted by atomic mass is 10.6. The largest absolute Gasteiger partial charge is 0.491 e. The highest BCUT2D eigenvalue weighted by molar-refractivity contribution is 4.69. The fourth-order valence-electron chi connectivity index (χ4n) is 0.338. The molecule has 0 radical (unpaired) electrons. The van der Waals surface area contributed by atoms with Crippen molar-refractivity contribution < 1.29 is 27.0 Å². The maximum Gasteiger partial charge on any atom is 0.491 e. The fourth-order valence-corrected chi connectivity index (χ4v) is 0.338. The summed E-state index contributed by atoms with van der Waals surface area (Å²) in [7, 11) is 0.539. The predicted octanol–water partition coefficient (Wildman–Crippen LogP) is 1.98. The van der Waals surface area contributed by atoms with Gasteiger partial charge in [0.25, 0.3) is 0 Å². The normalized spacial score (nSPS) is 17.2. The zero-order valence-electron chi connectivity index (χ0n) is 5.61. The van der Waals surface area contributed by atoms with Crippen molar-refractivity contribution in [1.29, 1.82) is 0 Å². The molecular weight excluding hydrogens is 168 g/mol. The lowest BCUT2D eigenvalue weighted by Crippen LogP contribution is -2.43. The number of halogens is 4. The smallest absolute Gasteiger partial charge is 0.438 e. The Labute approximate surface area is 60.4 Å². The second-order valence-corrected chi connectivity index (χ2v) is 1.52. The van der Waals surface area contributed by atoms with Crippen LogP contribution in [0, 0.1) is 0 Å². The van der Waals surface area contributed by atoms with Crippen LogP contribution in [-0.4, -0.2) is 19.3 Å². The summed E-state index contributed by atoms with van der Waals surface area (Å²) in [6, 6.07) is -4.09. The summed E-state index contributed by atoms with van der Waals surface area (Å²) < 4.78 is 54.2. The van der Waals surface area contributed by atoms with Crippen molar-refractivity contribution in [2.75, 3.05) is 7.11 Å². The molecule has 0 saturated carbocycles. The topological polar surface area (TPSA) is 18.5 Å². The van der Waals surface area contributed by atoms with Gasteiger partial charge in [0.05, 0.1) is 6.26 Å². The summed E-state index contributed by atoms with van der Waals surface area (Å²) in [5, 5.41) is 0. The zero-order chi connectivity index (χ0) is 9.12. The van der Waals surface area contributed by atoms with Crippen LogP contribution in [-0.2, 0) is 9.47 Å². The first-order valence-electron chi connectivity index (χ1n) is 2.47. The lowest BCUT2D eigenvalue weighted by molar-refractivity contribution is -0.417. The predicted molar refractivity (Wildman–Crippen MR) is 28.2 cm³/mol. The van der Waals surface area contributed by atoms with Crippen LogP contribution in [0.5, 0.6) is 0 Å². The van der Waals surface area contributed by atoms with Crippen molar-refractivity contribution in [2.24, 2.45) is 0 Å². The average molecular weight is 174 g/mol. The van der Waals surface area contributed by atoms with E-state index in [9.17, 15) is 17.6 Å². The van der Waals surface area contributed by atoms with E-state index >= 15 is 0 Å². The van der Waals surface area contributed by atoms with Crippen LogP contribution in [0.25, 0.3) is 0 Å². The third-order valence-corrected chi connectivity index (χ3v) is 0.836. The van der Waals surface area contributed by atoms with Crippen LogP contribution < -0.4 is 0 Å². The molecule has 0 spiro atoms. The van der Waals surface area contributed by atoms with Crippen LogP contribution in [0.15, 0.2) is 12.8 Å². The first-order chi connectivity index (χ1) is 4.87. The fraction of sp³-hybridized carbons (Fsp3) is 0.600. The molecule has 0 aromatic rings. The molecule has 0 aromatic heterocycles. The van der Waals surface area contributed by atoms with Crippen LogP contribution in [0.2, 0.25) is 0 Å². The molecular formula is C5H6F4O2. The molecule has 1 atom stereocenters. The number of ether oxygens (including phenoxy) is 2. The van der Waals surface area contributed by atoms with Crippen molar-refractivity contribution in [3.05, 3.63) is 12.8 Å². The first kappa shape index (κ1) is 10.2. The number of rotatable bonds is 3. The van der Waals surface area contributed by atoms with Gasteiger partial charge in [-0.1, -0.05) is 6.58 Å². The van der Waals surface area contributed by atoms with E-state index in [2.05, 4.69) is 16.1 Å². The Kier molecular flexibility index (Phi) is 2.86. The highest BCUT2D eigenvalue weighted by Gasteiger charge is 2.60. The molecule has 0 amide bonds. The van der Waals surface area contributed by atoms with Crippen molar-refractivity contribution >= 4 is 0 Å². The third-order valence-electron chi connectivity index (χ3n) is 0.836. The van der Waals surface area contributed by atoms with E-state index in [1.54, 1.807) is 0 Å². The molecule has 0 fully saturated rings. The van der Waals surface area contributed by atoms with Crippen LogP contribution >= 0.6 is 0 Å². The van der Waals surface area contributed by atoms with Crippen LogP contribution in [0.1, 0.15) is 0 Å². The Balaban J connectivity index is 4.45. The van der Waals surface area contributed by atoms with Crippen LogP contribution in [0.4, 0.5) is 17.6 Å². The Morgan fingerprint density at radius 3 is 1.82 bits per heavy atom. The molecule has 2 nitrogen and oxygen atoms in total. The monoisotopic (exact) mass is 174 g/mol. The molecule has 1 unspecified atom stereocenters. The summed E-state index contributed by atoms with van der Waals surface area (Å²) in [4.78, 5) is 0. The molecule has 0 aliphatic carbocycles. The number of hydrogen-bond acceptors (Lipinski definition) is 2. The lowest BCUT2D eigenvalue weighted by Gasteiger charge is -2.23. The van der Waals surface area contributed by atoms with E-state index in [-0.39, 0.29) is 0 Å². The summed E-state index contributed by atoms with van der Waals surface area (Å²) in [6.45, 7) is 2.76. The van der Waals surface area contributed by atoms with Gasteiger partial charge in [0, 0.05) is 7.11 Å². The maximum absolute atomic E-state index is 12.4. The molecule has 0 aromatic carbocycles. The summed E-state index contributed by atoms with van der Waals surface area (Å²) in [5.41, 5.74) is 0. The van der Waals surface area contributed by atoms with Crippen molar-refractivity contribution in [2.45, 2.75) is 12.2 Å². The van der Waals surface area contributed by atoms with Crippen molar-refractivity contribution in [3.63, 3.8) is 0 Å². The Morgan fingerprint density at radius 1 is 1.27 bits per heavy atom. The van der Waals surface area contributed by atoms with E-state index in [0.717, 1.165) is 0 Å². The molecule has 0 rings (SSSR count). The maximum atomic E-state index is 12.4. The van der Waals surface area contributed by atoms with Gasteiger partial charge in [-0.05, 0) is 0 Å². The molecule has 6 heteroatoms. The van der Waals surface area contributed by atoms with E-state index in [1.807, 2.05) is 0 Å². The first-order valence-corrected chi connectivity index (χ1v) is 2.47. The second kappa shape index (κ2) is 3.08. The minimum Gasteiger partial charge on any atom is -0.438 e. The molecule has 0 saturated heterocycles. The Bertz CT molecular complexity index is 144. The standard InChI is InChI=1S/C5H6F4O2/c1-3-11-5(9,10-2)4(6,7)8/h3H,1H2,2H3. The molecule has 0 aliphatic heterocycles. The van der Waals surface area contributed by atoms with E-state index in [4.69, 9.17) is 0 Å².